The molecule has 0 aromatic heterocycles. The molecule has 2 rings (SSSR count). The fourth-order valence-electron chi connectivity index (χ4n) is 1.75. The minimum atomic E-state index is -0.0919. The van der Waals surface area contributed by atoms with Gasteiger partial charge in [0.1, 0.15) is 5.82 Å². The van der Waals surface area contributed by atoms with Gasteiger partial charge in [0.15, 0.2) is 0 Å². The Bertz CT molecular complexity index is 338. The van der Waals surface area contributed by atoms with Crippen molar-refractivity contribution < 1.29 is 9.13 Å². The largest absolute Gasteiger partial charge is 0.378 e. The van der Waals surface area contributed by atoms with E-state index in [0.717, 1.165) is 36.4 Å². The van der Waals surface area contributed by atoms with Gasteiger partial charge >= 0.3 is 0 Å². The van der Waals surface area contributed by atoms with Crippen LogP contribution in [0.4, 0.5) is 4.39 Å². The van der Waals surface area contributed by atoms with Gasteiger partial charge in [-0.1, -0.05) is 12.1 Å². The lowest BCUT2D eigenvalue weighted by Crippen LogP contribution is -2.45. The quantitative estimate of drug-likeness (QED) is 0.821. The van der Waals surface area contributed by atoms with Crippen molar-refractivity contribution in [3.05, 3.63) is 34.6 Å². The first-order valence-corrected chi connectivity index (χ1v) is 5.23. The van der Waals surface area contributed by atoms with Gasteiger partial charge in [-0.15, -0.1) is 0 Å². The summed E-state index contributed by atoms with van der Waals surface area (Å²) in [6, 6.07) is 4.26. The van der Waals surface area contributed by atoms with Crippen LogP contribution in [0.5, 0.6) is 0 Å². The molecule has 1 aliphatic rings. The third-order valence-corrected chi connectivity index (χ3v) is 2.73. The Balaban J connectivity index is 2.01. The molecule has 0 atom stereocenters. The summed E-state index contributed by atoms with van der Waals surface area (Å²) in [5, 5.41) is 3.36. The summed E-state index contributed by atoms with van der Waals surface area (Å²) in [5.41, 5.74) is 2.58. The maximum absolute atomic E-state index is 13.3. The number of nitrogens with one attached hydrogen (secondary N) is 1. The van der Waals surface area contributed by atoms with E-state index in [1.54, 1.807) is 13.8 Å². The van der Waals surface area contributed by atoms with E-state index in [0.29, 0.717) is 6.04 Å². The molecule has 0 amide bonds. The number of hydrogen-bond acceptors (Lipinski definition) is 2. The highest BCUT2D eigenvalue weighted by Crippen LogP contribution is 2.15. The molecule has 0 bridgehead atoms. The van der Waals surface area contributed by atoms with E-state index in [1.807, 2.05) is 12.1 Å². The highest BCUT2D eigenvalue weighted by molar-refractivity contribution is 5.30. The highest BCUT2D eigenvalue weighted by Gasteiger charge is 2.17. The van der Waals surface area contributed by atoms with Gasteiger partial charge in [-0.3, -0.25) is 0 Å². The maximum Gasteiger partial charge on any atom is 0.129 e. The summed E-state index contributed by atoms with van der Waals surface area (Å²) in [6.07, 6.45) is 0. The van der Waals surface area contributed by atoms with Gasteiger partial charge in [0, 0.05) is 6.54 Å². The number of halogens is 1. The first-order chi connectivity index (χ1) is 7.16. The monoisotopic (exact) mass is 209 g/mol. The molecule has 1 N–H and O–H groups in total. The second-order valence-electron chi connectivity index (χ2n) is 4.16. The molecule has 3 heteroatoms. The van der Waals surface area contributed by atoms with E-state index < -0.39 is 0 Å². The smallest absolute Gasteiger partial charge is 0.129 e. The Morgan fingerprint density at radius 2 is 1.93 bits per heavy atom. The van der Waals surface area contributed by atoms with Gasteiger partial charge in [0.25, 0.3) is 0 Å². The number of hydrogen-bond donors (Lipinski definition) is 1. The molecule has 15 heavy (non-hydrogen) atoms. The minimum absolute atomic E-state index is 0.0919. The SMILES string of the molecule is Cc1cc(CNC2COC2)cc(C)c1F. The summed E-state index contributed by atoms with van der Waals surface area (Å²) in [5.74, 6) is -0.0919. The zero-order valence-electron chi connectivity index (χ0n) is 9.14. The fraction of sp³-hybridized carbons (Fsp3) is 0.500. The Morgan fingerprint density at radius 3 is 2.40 bits per heavy atom. The molecule has 2 nitrogen and oxygen atoms in total. The number of ether oxygens (including phenoxy) is 1. The second-order valence-corrected chi connectivity index (χ2v) is 4.16. The van der Waals surface area contributed by atoms with Crippen LogP contribution in [0.15, 0.2) is 12.1 Å². The summed E-state index contributed by atoms with van der Waals surface area (Å²) >= 11 is 0. The highest BCUT2D eigenvalue weighted by atomic mass is 19.1. The summed E-state index contributed by atoms with van der Waals surface area (Å²) < 4.78 is 18.4. The van der Waals surface area contributed by atoms with Gasteiger partial charge in [-0.05, 0) is 30.5 Å². The van der Waals surface area contributed by atoms with Crippen LogP contribution in [0.1, 0.15) is 16.7 Å². The summed E-state index contributed by atoms with van der Waals surface area (Å²) in [6.45, 7) is 5.98. The minimum Gasteiger partial charge on any atom is -0.378 e. The maximum atomic E-state index is 13.3. The first kappa shape index (κ1) is 10.6. The van der Waals surface area contributed by atoms with Gasteiger partial charge in [-0.2, -0.15) is 0 Å². The molecule has 0 spiro atoms. The van der Waals surface area contributed by atoms with E-state index in [-0.39, 0.29) is 5.82 Å². The van der Waals surface area contributed by atoms with Crippen LogP contribution >= 0.6 is 0 Å². The van der Waals surface area contributed by atoms with Crippen molar-refractivity contribution in [3.63, 3.8) is 0 Å². The topological polar surface area (TPSA) is 21.3 Å². The van der Waals surface area contributed by atoms with Crippen molar-refractivity contribution in [1.29, 1.82) is 0 Å². The first-order valence-electron chi connectivity index (χ1n) is 5.23. The fourth-order valence-corrected chi connectivity index (χ4v) is 1.75. The lowest BCUT2D eigenvalue weighted by Gasteiger charge is -2.27. The van der Waals surface area contributed by atoms with Crippen LogP contribution in [0.2, 0.25) is 0 Å². The van der Waals surface area contributed by atoms with Crippen LogP contribution in [-0.2, 0) is 11.3 Å². The van der Waals surface area contributed by atoms with Crippen LogP contribution in [-0.4, -0.2) is 19.3 Å². The summed E-state index contributed by atoms with van der Waals surface area (Å²) in [4.78, 5) is 0. The van der Waals surface area contributed by atoms with Gasteiger partial charge in [0.05, 0.1) is 19.3 Å². The normalized spacial score (nSPS) is 16.5. The van der Waals surface area contributed by atoms with Crippen molar-refractivity contribution in [2.45, 2.75) is 26.4 Å². The molecule has 82 valence electrons. The molecule has 0 radical (unpaired) electrons. The van der Waals surface area contributed by atoms with Crippen molar-refractivity contribution in [1.82, 2.24) is 5.32 Å². The Labute approximate surface area is 89.4 Å². The molecular formula is C12H16FNO. The van der Waals surface area contributed by atoms with Crippen LogP contribution in [0, 0.1) is 19.7 Å². The zero-order chi connectivity index (χ0) is 10.8. The van der Waals surface area contributed by atoms with E-state index in [1.165, 1.54) is 0 Å². The molecule has 1 fully saturated rings. The Hall–Kier alpha value is -0.930. The molecule has 1 aromatic carbocycles. The van der Waals surface area contributed by atoms with Crippen LogP contribution in [0.3, 0.4) is 0 Å². The van der Waals surface area contributed by atoms with Gasteiger partial charge in [0.2, 0.25) is 0 Å². The van der Waals surface area contributed by atoms with E-state index >= 15 is 0 Å². The molecule has 0 aliphatic carbocycles. The summed E-state index contributed by atoms with van der Waals surface area (Å²) in [7, 11) is 0. The lowest BCUT2D eigenvalue weighted by atomic mass is 10.1. The van der Waals surface area contributed by atoms with Crippen molar-refractivity contribution in [2.24, 2.45) is 0 Å². The lowest BCUT2D eigenvalue weighted by molar-refractivity contribution is -0.00578. The average molecular weight is 209 g/mol. The van der Waals surface area contributed by atoms with E-state index in [2.05, 4.69) is 5.32 Å². The third-order valence-electron chi connectivity index (χ3n) is 2.73. The predicted molar refractivity (Wildman–Crippen MR) is 57.3 cm³/mol. The average Bonchev–Trinajstić information content (AvgIpc) is 2.11. The molecule has 0 unspecified atom stereocenters. The zero-order valence-corrected chi connectivity index (χ0v) is 9.14. The molecule has 1 saturated heterocycles. The molecule has 1 aromatic rings. The van der Waals surface area contributed by atoms with Crippen LogP contribution in [0.25, 0.3) is 0 Å². The van der Waals surface area contributed by atoms with E-state index in [9.17, 15) is 4.39 Å². The van der Waals surface area contributed by atoms with Gasteiger partial charge in [-0.25, -0.2) is 4.39 Å². The van der Waals surface area contributed by atoms with Gasteiger partial charge < -0.3 is 10.1 Å². The predicted octanol–water partition coefficient (Wildman–Crippen LogP) is 1.93. The number of aryl methyl sites for hydroxylation is 2. The van der Waals surface area contributed by atoms with Crippen molar-refractivity contribution in [3.8, 4) is 0 Å². The molecular weight excluding hydrogens is 193 g/mol. The second kappa shape index (κ2) is 4.29. The third kappa shape index (κ3) is 2.36. The molecule has 1 aliphatic heterocycles. The standard InChI is InChI=1S/C12H16FNO/c1-8-3-10(4-9(2)12(8)13)5-14-11-6-15-7-11/h3-4,11,14H,5-7H2,1-2H3. The molecule has 1 heterocycles. The Kier molecular flexibility index (Phi) is 3.03. The number of rotatable bonds is 3. The van der Waals surface area contributed by atoms with Crippen molar-refractivity contribution in [2.75, 3.05) is 13.2 Å². The molecule has 0 saturated carbocycles. The van der Waals surface area contributed by atoms with Crippen molar-refractivity contribution >= 4 is 0 Å². The number of benzene rings is 1. The Morgan fingerprint density at radius 1 is 1.33 bits per heavy atom. The van der Waals surface area contributed by atoms with E-state index in [4.69, 9.17) is 4.74 Å². The van der Waals surface area contributed by atoms with Crippen LogP contribution < -0.4 is 5.32 Å².